The highest BCUT2D eigenvalue weighted by molar-refractivity contribution is 6.11. The fraction of sp³-hybridized carbons (Fsp3) is 0.370. The minimum atomic E-state index is -1.06. The summed E-state index contributed by atoms with van der Waals surface area (Å²) in [6, 6.07) is 12.1. The van der Waals surface area contributed by atoms with Crippen molar-refractivity contribution in [3.8, 4) is 5.75 Å². The van der Waals surface area contributed by atoms with Gasteiger partial charge in [0.15, 0.2) is 0 Å². The molecular weight excluding hydrogens is 462 g/mol. The van der Waals surface area contributed by atoms with E-state index in [1.807, 2.05) is 30.3 Å². The lowest BCUT2D eigenvalue weighted by atomic mass is 9.63. The number of amides is 3. The topological polar surface area (TPSA) is 119 Å². The third kappa shape index (κ3) is 3.41. The molecule has 0 spiro atoms. The highest BCUT2D eigenvalue weighted by Gasteiger charge is 2.67. The first kappa shape index (κ1) is 22.5. The van der Waals surface area contributed by atoms with Gasteiger partial charge in [-0.15, -0.1) is 0 Å². The first-order valence-electron chi connectivity index (χ1n) is 12.1. The maximum atomic E-state index is 13.7. The van der Waals surface area contributed by atoms with E-state index in [2.05, 4.69) is 17.5 Å². The third-order valence-corrected chi connectivity index (χ3v) is 8.24. The molecule has 5 aliphatic rings. The highest BCUT2D eigenvalue weighted by Crippen LogP contribution is 2.65. The maximum Gasteiger partial charge on any atom is 0.273 e. The number of likely N-dealkylation sites (tertiary alicyclic amines) is 1. The van der Waals surface area contributed by atoms with Crippen LogP contribution in [0.15, 0.2) is 60.7 Å². The van der Waals surface area contributed by atoms with Gasteiger partial charge in [-0.25, -0.2) is 0 Å². The first-order valence-corrected chi connectivity index (χ1v) is 12.1. The molecule has 2 aromatic carbocycles. The summed E-state index contributed by atoms with van der Waals surface area (Å²) in [5.41, 5.74) is 0.861. The Morgan fingerprint density at radius 2 is 1.72 bits per heavy atom. The summed E-state index contributed by atoms with van der Waals surface area (Å²) < 4.78 is 5.26. The van der Waals surface area contributed by atoms with Gasteiger partial charge in [0.1, 0.15) is 11.8 Å². The molecule has 7 atom stereocenters. The fourth-order valence-electron chi connectivity index (χ4n) is 6.54. The Morgan fingerprint density at radius 1 is 1.08 bits per heavy atom. The number of non-ortho nitro benzene ring substituents is 1. The molecule has 36 heavy (non-hydrogen) atoms. The van der Waals surface area contributed by atoms with Crippen molar-refractivity contribution in [2.45, 2.75) is 18.9 Å². The molecule has 1 heterocycles. The molecular formula is C27H25N3O6. The Labute approximate surface area is 207 Å². The Hall–Kier alpha value is -4.01. The zero-order chi connectivity index (χ0) is 25.1. The van der Waals surface area contributed by atoms with Gasteiger partial charge < -0.3 is 10.1 Å². The van der Waals surface area contributed by atoms with E-state index >= 15 is 0 Å². The number of hydrogen-bond acceptors (Lipinski definition) is 6. The first-order chi connectivity index (χ1) is 17.4. The van der Waals surface area contributed by atoms with Gasteiger partial charge in [-0.05, 0) is 41.7 Å². The molecule has 184 valence electrons. The van der Waals surface area contributed by atoms with E-state index < -0.39 is 28.7 Å². The van der Waals surface area contributed by atoms with Crippen molar-refractivity contribution in [3.05, 3.63) is 76.4 Å². The van der Waals surface area contributed by atoms with Crippen molar-refractivity contribution < 1.29 is 24.0 Å². The third-order valence-electron chi connectivity index (χ3n) is 8.24. The van der Waals surface area contributed by atoms with Gasteiger partial charge >= 0.3 is 0 Å². The molecule has 1 N–H and O–H groups in total. The number of carbonyl (C=O) groups is 3. The smallest absolute Gasteiger partial charge is 0.273 e. The van der Waals surface area contributed by atoms with Crippen LogP contribution in [0, 0.1) is 45.6 Å². The second-order valence-electron chi connectivity index (χ2n) is 10.0. The molecule has 3 fully saturated rings. The van der Waals surface area contributed by atoms with Gasteiger partial charge in [0, 0.05) is 12.5 Å². The van der Waals surface area contributed by atoms with E-state index in [4.69, 9.17) is 4.74 Å². The molecule has 4 aliphatic carbocycles. The summed E-state index contributed by atoms with van der Waals surface area (Å²) in [6.45, 7) is 0. The maximum absolute atomic E-state index is 13.7. The largest absolute Gasteiger partial charge is 0.494 e. The van der Waals surface area contributed by atoms with E-state index in [-0.39, 0.29) is 47.2 Å². The summed E-state index contributed by atoms with van der Waals surface area (Å²) >= 11 is 0. The van der Waals surface area contributed by atoms with Crippen molar-refractivity contribution in [1.29, 1.82) is 0 Å². The number of hydrogen-bond donors (Lipinski definition) is 1. The van der Waals surface area contributed by atoms with Crippen LogP contribution in [0.3, 0.4) is 0 Å². The SMILES string of the molecule is COc1cc([N+](=O)[O-])ccc1NC(=O)[C@H](Cc1ccccc1)N1C(=O)[C@@H]2[C@H]3C=C[C@@H]([C@@H]4C[C@@H]34)[C@@H]2C1=O. The molecule has 9 nitrogen and oxygen atoms in total. The zero-order valence-corrected chi connectivity index (χ0v) is 19.6. The van der Waals surface area contributed by atoms with Crippen molar-refractivity contribution in [3.63, 3.8) is 0 Å². The normalized spacial score (nSPS) is 30.0. The monoisotopic (exact) mass is 487 g/mol. The van der Waals surface area contributed by atoms with Crippen molar-refractivity contribution in [2.24, 2.45) is 35.5 Å². The number of allylic oxidation sites excluding steroid dienone is 2. The molecule has 2 bridgehead atoms. The number of nitrogens with zero attached hydrogens (tertiary/aromatic N) is 2. The second kappa shape index (κ2) is 8.29. The molecule has 0 aromatic heterocycles. The Bertz CT molecular complexity index is 1270. The average molecular weight is 488 g/mol. The quantitative estimate of drug-likeness (QED) is 0.277. The lowest BCUT2D eigenvalue weighted by molar-refractivity contribution is -0.384. The van der Waals surface area contributed by atoms with E-state index in [0.29, 0.717) is 11.8 Å². The fourth-order valence-corrected chi connectivity index (χ4v) is 6.54. The number of carbonyl (C=O) groups excluding carboxylic acids is 3. The number of rotatable bonds is 7. The lowest BCUT2D eigenvalue weighted by Crippen LogP contribution is -2.49. The van der Waals surface area contributed by atoms with Crippen molar-refractivity contribution in [1.82, 2.24) is 4.90 Å². The number of nitrogens with one attached hydrogen (secondary N) is 1. The van der Waals surface area contributed by atoms with Gasteiger partial charge in [0.2, 0.25) is 17.7 Å². The number of methoxy groups -OCH3 is 1. The number of ether oxygens (including phenoxy) is 1. The van der Waals surface area contributed by atoms with Gasteiger partial charge in [-0.2, -0.15) is 0 Å². The van der Waals surface area contributed by atoms with Crippen LogP contribution in [0.5, 0.6) is 5.75 Å². The van der Waals surface area contributed by atoms with Crippen molar-refractivity contribution in [2.75, 3.05) is 12.4 Å². The standard InChI is InChI=1S/C27H25N3O6/c1-36-22-12-15(30(34)35)7-10-20(22)28-25(31)21(11-14-5-3-2-4-6-14)29-26(32)23-16-8-9-17(19-13-18(16)19)24(23)27(29)33/h2-10,12,16-19,21,23-24H,11,13H2,1H3,(H,28,31)/t16-,17-,18-,19-,21-,23-,24+/m0/s1. The van der Waals surface area contributed by atoms with Crippen LogP contribution in [0.25, 0.3) is 0 Å². The van der Waals surface area contributed by atoms with Crippen LogP contribution in [0.2, 0.25) is 0 Å². The van der Waals surface area contributed by atoms with Crippen molar-refractivity contribution >= 4 is 29.1 Å². The highest BCUT2D eigenvalue weighted by atomic mass is 16.6. The van der Waals surface area contributed by atoms with Crippen LogP contribution in [-0.4, -0.2) is 40.7 Å². The summed E-state index contributed by atoms with van der Waals surface area (Å²) in [7, 11) is 1.35. The second-order valence-corrected chi connectivity index (χ2v) is 10.0. The summed E-state index contributed by atoms with van der Waals surface area (Å²) in [6.07, 6.45) is 5.42. The van der Waals surface area contributed by atoms with E-state index in [1.54, 1.807) is 0 Å². The van der Waals surface area contributed by atoms with E-state index in [1.165, 1.54) is 30.2 Å². The molecule has 9 heteroatoms. The van der Waals surface area contributed by atoms with Gasteiger partial charge in [-0.1, -0.05) is 42.5 Å². The minimum absolute atomic E-state index is 0.0571. The summed E-state index contributed by atoms with van der Waals surface area (Å²) in [4.78, 5) is 52.9. The summed E-state index contributed by atoms with van der Waals surface area (Å²) in [5, 5.41) is 13.9. The number of nitro groups is 1. The molecule has 0 unspecified atom stereocenters. The molecule has 3 amide bonds. The predicted molar refractivity (Wildman–Crippen MR) is 129 cm³/mol. The van der Waals surface area contributed by atoms with Crippen LogP contribution in [0.4, 0.5) is 11.4 Å². The zero-order valence-electron chi connectivity index (χ0n) is 19.6. The van der Waals surface area contributed by atoms with E-state index in [9.17, 15) is 24.5 Å². The summed E-state index contributed by atoms with van der Waals surface area (Å²) in [5.74, 6) is -0.756. The number of imide groups is 1. The number of anilines is 1. The molecule has 1 saturated heterocycles. The molecule has 1 aliphatic heterocycles. The Balaban J connectivity index is 1.33. The van der Waals surface area contributed by atoms with Crippen LogP contribution in [-0.2, 0) is 20.8 Å². The van der Waals surface area contributed by atoms with Crippen LogP contribution in [0.1, 0.15) is 12.0 Å². The molecule has 2 saturated carbocycles. The minimum Gasteiger partial charge on any atom is -0.494 e. The lowest BCUT2D eigenvalue weighted by Gasteiger charge is -2.37. The van der Waals surface area contributed by atoms with Crippen LogP contribution < -0.4 is 10.1 Å². The number of benzene rings is 2. The van der Waals surface area contributed by atoms with Gasteiger partial charge in [0.25, 0.3) is 5.69 Å². The van der Waals surface area contributed by atoms with E-state index in [0.717, 1.165) is 12.0 Å². The van der Waals surface area contributed by atoms with Crippen LogP contribution >= 0.6 is 0 Å². The predicted octanol–water partition coefficient (Wildman–Crippen LogP) is 3.21. The molecule has 2 aromatic rings. The average Bonchev–Trinajstić information content (AvgIpc) is 3.67. The Kier molecular flexibility index (Phi) is 5.17. The molecule has 7 rings (SSSR count). The molecule has 0 radical (unpaired) electrons. The Morgan fingerprint density at radius 3 is 2.31 bits per heavy atom. The van der Waals surface area contributed by atoms with Gasteiger partial charge in [0.05, 0.1) is 35.6 Å². The van der Waals surface area contributed by atoms with Gasteiger partial charge in [-0.3, -0.25) is 29.4 Å². The number of nitro benzene ring substituents is 1.